The number of hydrogen-bond acceptors (Lipinski definition) is 3. The maximum atomic E-state index is 5.58. The molecule has 3 aliphatic carbocycles. The second-order valence-corrected chi connectivity index (χ2v) is 8.73. The minimum atomic E-state index is 0.416. The van der Waals surface area contributed by atoms with Gasteiger partial charge in [-0.2, -0.15) is 0 Å². The van der Waals surface area contributed by atoms with Crippen LogP contribution in [0.25, 0.3) is 11.4 Å². The second kappa shape index (κ2) is 8.06. The topological polar surface area (TPSA) is 35.0 Å². The molecule has 3 fully saturated rings. The van der Waals surface area contributed by atoms with Gasteiger partial charge in [-0.1, -0.05) is 49.8 Å². The van der Waals surface area contributed by atoms with Gasteiger partial charge < -0.3 is 4.74 Å². The zero-order chi connectivity index (χ0) is 19.5. The highest BCUT2D eigenvalue weighted by molar-refractivity contribution is 5.56. The summed E-state index contributed by atoms with van der Waals surface area (Å²) in [6, 6.07) is 9.05. The molecule has 5 rings (SSSR count). The van der Waals surface area contributed by atoms with Gasteiger partial charge in [-0.05, 0) is 68.3 Å². The summed E-state index contributed by atoms with van der Waals surface area (Å²) in [6.07, 6.45) is 18.6. The molecular formula is C25H32N2O. The lowest BCUT2D eigenvalue weighted by Gasteiger charge is -2.54. The summed E-state index contributed by atoms with van der Waals surface area (Å²) in [5, 5.41) is 0. The van der Waals surface area contributed by atoms with E-state index in [1.54, 1.807) is 12.4 Å². The Balaban J connectivity index is 1.45. The molecule has 0 aliphatic heterocycles. The number of allylic oxidation sites excluding steroid dienone is 1. The van der Waals surface area contributed by atoms with Crippen molar-refractivity contribution >= 4 is 0 Å². The zero-order valence-electron chi connectivity index (χ0n) is 17.3. The number of benzene rings is 1. The van der Waals surface area contributed by atoms with Crippen LogP contribution in [0.15, 0.2) is 48.8 Å². The Morgan fingerprint density at radius 3 is 2.18 bits per heavy atom. The van der Waals surface area contributed by atoms with Crippen LogP contribution < -0.4 is 4.74 Å². The SMILES string of the molecule is C/C=C/COc1cnc(-c2ccc(C34CCC(CCC)(CC3)CC4)cc2)nc1. The first-order valence-electron chi connectivity index (χ1n) is 10.9. The fourth-order valence-electron chi connectivity index (χ4n) is 5.35. The lowest BCUT2D eigenvalue weighted by molar-refractivity contribution is 0.0320. The Labute approximate surface area is 169 Å². The van der Waals surface area contributed by atoms with E-state index in [0.717, 1.165) is 11.4 Å². The Hall–Kier alpha value is -2.16. The summed E-state index contributed by atoms with van der Waals surface area (Å²) in [5.41, 5.74) is 3.68. The van der Waals surface area contributed by atoms with E-state index in [9.17, 15) is 0 Å². The Kier molecular flexibility index (Phi) is 5.52. The Bertz CT molecular complexity index is 783. The highest BCUT2D eigenvalue weighted by Gasteiger charge is 2.48. The average Bonchev–Trinajstić information content (AvgIpc) is 2.76. The predicted octanol–water partition coefficient (Wildman–Crippen LogP) is 6.49. The fourth-order valence-corrected chi connectivity index (χ4v) is 5.35. The van der Waals surface area contributed by atoms with E-state index in [4.69, 9.17) is 4.74 Å². The van der Waals surface area contributed by atoms with Gasteiger partial charge in [0.2, 0.25) is 0 Å². The predicted molar refractivity (Wildman–Crippen MR) is 114 cm³/mol. The van der Waals surface area contributed by atoms with Crippen molar-refractivity contribution in [2.24, 2.45) is 5.41 Å². The average molecular weight is 377 g/mol. The molecule has 3 saturated carbocycles. The van der Waals surface area contributed by atoms with Crippen LogP contribution in [0, 0.1) is 5.41 Å². The lowest BCUT2D eigenvalue weighted by Crippen LogP contribution is -2.44. The summed E-state index contributed by atoms with van der Waals surface area (Å²) < 4.78 is 5.58. The molecule has 3 nitrogen and oxygen atoms in total. The third kappa shape index (κ3) is 3.72. The molecule has 0 saturated heterocycles. The van der Waals surface area contributed by atoms with Crippen LogP contribution in [-0.4, -0.2) is 16.6 Å². The molecule has 2 aromatic rings. The van der Waals surface area contributed by atoms with E-state index in [1.807, 2.05) is 19.1 Å². The van der Waals surface area contributed by atoms with E-state index in [1.165, 1.54) is 56.9 Å². The Morgan fingerprint density at radius 1 is 0.964 bits per heavy atom. The van der Waals surface area contributed by atoms with Gasteiger partial charge in [0.15, 0.2) is 11.6 Å². The third-order valence-electron chi connectivity index (χ3n) is 7.15. The first-order valence-corrected chi connectivity index (χ1v) is 10.9. The van der Waals surface area contributed by atoms with Crippen molar-refractivity contribution in [3.8, 4) is 17.1 Å². The molecule has 28 heavy (non-hydrogen) atoms. The van der Waals surface area contributed by atoms with Crippen molar-refractivity contribution < 1.29 is 4.74 Å². The second-order valence-electron chi connectivity index (χ2n) is 8.73. The largest absolute Gasteiger partial charge is 0.486 e. The van der Waals surface area contributed by atoms with Crippen molar-refractivity contribution in [1.29, 1.82) is 0 Å². The molecule has 1 heterocycles. The van der Waals surface area contributed by atoms with Gasteiger partial charge in [-0.3, -0.25) is 0 Å². The van der Waals surface area contributed by atoms with Crippen molar-refractivity contribution in [3.63, 3.8) is 0 Å². The molecule has 0 amide bonds. The number of hydrogen-bond donors (Lipinski definition) is 0. The summed E-state index contributed by atoms with van der Waals surface area (Å²) >= 11 is 0. The maximum absolute atomic E-state index is 5.58. The summed E-state index contributed by atoms with van der Waals surface area (Å²) in [6.45, 7) is 4.87. The number of fused-ring (bicyclic) bond motifs is 3. The van der Waals surface area contributed by atoms with Crippen LogP contribution in [0.4, 0.5) is 0 Å². The molecule has 1 aromatic heterocycles. The first kappa shape index (κ1) is 19.2. The van der Waals surface area contributed by atoms with Crippen LogP contribution in [0.5, 0.6) is 5.75 Å². The van der Waals surface area contributed by atoms with Crippen LogP contribution in [0.1, 0.15) is 70.8 Å². The number of nitrogens with zero attached hydrogens (tertiary/aromatic N) is 2. The van der Waals surface area contributed by atoms with E-state index in [0.29, 0.717) is 23.2 Å². The summed E-state index contributed by atoms with van der Waals surface area (Å²) in [5.74, 6) is 1.47. The minimum absolute atomic E-state index is 0.416. The van der Waals surface area contributed by atoms with Crippen molar-refractivity contribution in [1.82, 2.24) is 9.97 Å². The molecule has 0 N–H and O–H groups in total. The van der Waals surface area contributed by atoms with Crippen molar-refractivity contribution in [3.05, 3.63) is 54.4 Å². The minimum Gasteiger partial charge on any atom is -0.486 e. The van der Waals surface area contributed by atoms with Crippen LogP contribution >= 0.6 is 0 Å². The highest BCUT2D eigenvalue weighted by Crippen LogP contribution is 2.59. The van der Waals surface area contributed by atoms with Gasteiger partial charge in [-0.15, -0.1) is 0 Å². The van der Waals surface area contributed by atoms with E-state index in [-0.39, 0.29) is 0 Å². The van der Waals surface area contributed by atoms with Gasteiger partial charge in [0, 0.05) is 5.56 Å². The molecule has 3 aliphatic rings. The molecular weight excluding hydrogens is 344 g/mol. The molecule has 2 bridgehead atoms. The number of ether oxygens (including phenoxy) is 1. The van der Waals surface area contributed by atoms with Crippen LogP contribution in [-0.2, 0) is 5.41 Å². The number of aromatic nitrogens is 2. The van der Waals surface area contributed by atoms with E-state index >= 15 is 0 Å². The monoisotopic (exact) mass is 376 g/mol. The number of rotatable bonds is 7. The normalized spacial score (nSPS) is 26.6. The van der Waals surface area contributed by atoms with Gasteiger partial charge >= 0.3 is 0 Å². The molecule has 0 unspecified atom stereocenters. The third-order valence-corrected chi connectivity index (χ3v) is 7.15. The molecule has 1 aromatic carbocycles. The van der Waals surface area contributed by atoms with Crippen molar-refractivity contribution in [2.75, 3.05) is 6.61 Å². The summed E-state index contributed by atoms with van der Waals surface area (Å²) in [7, 11) is 0. The first-order chi connectivity index (χ1) is 13.7. The quantitative estimate of drug-likeness (QED) is 0.518. The molecule has 0 radical (unpaired) electrons. The van der Waals surface area contributed by atoms with E-state index in [2.05, 4.69) is 41.2 Å². The molecule has 3 heteroatoms. The van der Waals surface area contributed by atoms with E-state index < -0.39 is 0 Å². The highest BCUT2D eigenvalue weighted by atomic mass is 16.5. The van der Waals surface area contributed by atoms with Crippen molar-refractivity contribution in [2.45, 2.75) is 70.6 Å². The van der Waals surface area contributed by atoms with Gasteiger partial charge in [0.25, 0.3) is 0 Å². The molecule has 0 atom stereocenters. The Morgan fingerprint density at radius 2 is 1.61 bits per heavy atom. The van der Waals surface area contributed by atoms with Gasteiger partial charge in [0.1, 0.15) is 6.61 Å². The fraction of sp³-hybridized carbons (Fsp3) is 0.520. The van der Waals surface area contributed by atoms with Gasteiger partial charge in [0.05, 0.1) is 12.4 Å². The lowest BCUT2D eigenvalue weighted by atomic mass is 9.51. The maximum Gasteiger partial charge on any atom is 0.159 e. The zero-order valence-corrected chi connectivity index (χ0v) is 17.3. The van der Waals surface area contributed by atoms with Crippen LogP contribution in [0.2, 0.25) is 0 Å². The smallest absolute Gasteiger partial charge is 0.159 e. The van der Waals surface area contributed by atoms with Gasteiger partial charge in [-0.25, -0.2) is 9.97 Å². The molecule has 0 spiro atoms. The molecule has 148 valence electrons. The summed E-state index contributed by atoms with van der Waals surface area (Å²) in [4.78, 5) is 8.97. The van der Waals surface area contributed by atoms with Crippen LogP contribution in [0.3, 0.4) is 0 Å². The standard InChI is InChI=1S/C25H32N2O/c1-3-5-17-28-22-18-26-23(27-19-22)20-6-8-21(9-7-20)25-14-11-24(10-4-2,12-15-25)13-16-25/h3,5-9,18-19H,4,10-17H2,1-2H3/b5-3+.